The summed E-state index contributed by atoms with van der Waals surface area (Å²) in [6, 6.07) is 10.4. The van der Waals surface area contributed by atoms with Crippen LogP contribution >= 0.6 is 0 Å². The number of amides is 1. The van der Waals surface area contributed by atoms with Crippen LogP contribution in [0.15, 0.2) is 42.5 Å². The second-order valence-electron chi connectivity index (χ2n) is 5.03. The molecule has 0 aliphatic heterocycles. The molecule has 0 bridgehead atoms. The molecular formula is C15H17N2NaO6S. The van der Waals surface area contributed by atoms with Crippen LogP contribution in [0.1, 0.15) is 12.8 Å². The van der Waals surface area contributed by atoms with E-state index in [1.807, 2.05) is 4.72 Å². The molecule has 0 saturated heterocycles. The molecule has 0 unspecified atom stereocenters. The molecule has 0 heterocycles. The van der Waals surface area contributed by atoms with Gasteiger partial charge in [0.05, 0.1) is 0 Å². The van der Waals surface area contributed by atoms with E-state index in [0.29, 0.717) is 5.56 Å². The Labute approximate surface area is 167 Å². The van der Waals surface area contributed by atoms with Crippen molar-refractivity contribution in [3.05, 3.63) is 42.5 Å². The first kappa shape index (κ1) is 21.4. The third-order valence-corrected chi connectivity index (χ3v) is 4.19. The standard InChI is InChI=1S/C15H16N2O6S.Na.H/c16-14(18)9-7-12(15(19)20)17-24(21,22)23-13-8-6-10-4-2-1-3-5-11(10)13;;/h1-6,8,12,17H,7,9H2,(H2,16,18)(H,19,20);;/t12-;;/m0../s1. The molecule has 8 nitrogen and oxygen atoms in total. The zero-order valence-electron chi connectivity index (χ0n) is 12.5. The van der Waals surface area contributed by atoms with Gasteiger partial charge >= 0.3 is 45.8 Å². The summed E-state index contributed by atoms with van der Waals surface area (Å²) in [7, 11) is -4.39. The van der Waals surface area contributed by atoms with Crippen LogP contribution in [0.4, 0.5) is 0 Å². The summed E-state index contributed by atoms with van der Waals surface area (Å²) in [5.74, 6) is -2.08. The fourth-order valence-electron chi connectivity index (χ4n) is 2.09. The topological polar surface area (TPSA) is 136 Å². The van der Waals surface area contributed by atoms with Crippen LogP contribution in [-0.4, -0.2) is 61.0 Å². The molecule has 0 fully saturated rings. The summed E-state index contributed by atoms with van der Waals surface area (Å²) in [6.45, 7) is 0. The molecule has 1 amide bonds. The monoisotopic (exact) mass is 376 g/mol. The first-order valence-corrected chi connectivity index (χ1v) is 8.40. The number of fused-ring (bicyclic) bond motifs is 1. The zero-order valence-corrected chi connectivity index (χ0v) is 13.3. The molecule has 25 heavy (non-hydrogen) atoms. The molecule has 0 aromatic heterocycles. The number of hydrogen-bond donors (Lipinski definition) is 3. The van der Waals surface area contributed by atoms with E-state index in [-0.39, 0.29) is 48.1 Å². The van der Waals surface area contributed by atoms with Crippen LogP contribution in [0.5, 0.6) is 5.75 Å². The van der Waals surface area contributed by atoms with Crippen LogP contribution in [0, 0.1) is 0 Å². The van der Waals surface area contributed by atoms with Gasteiger partial charge in [-0.15, -0.1) is 0 Å². The molecule has 130 valence electrons. The van der Waals surface area contributed by atoms with Crippen molar-refractivity contribution in [1.82, 2.24) is 4.72 Å². The summed E-state index contributed by atoms with van der Waals surface area (Å²) in [5, 5.41) is 9.05. The van der Waals surface area contributed by atoms with E-state index in [9.17, 15) is 18.0 Å². The summed E-state index contributed by atoms with van der Waals surface area (Å²) in [6.07, 6.45) is -0.543. The molecule has 0 saturated carbocycles. The second-order valence-corrected chi connectivity index (χ2v) is 6.34. The first-order valence-electron chi connectivity index (χ1n) is 6.99. The molecular weight excluding hydrogens is 359 g/mol. The normalized spacial score (nSPS) is 12.2. The van der Waals surface area contributed by atoms with Crippen LogP contribution < -0.4 is 14.6 Å². The zero-order chi connectivity index (χ0) is 17.7. The van der Waals surface area contributed by atoms with E-state index < -0.39 is 28.2 Å². The van der Waals surface area contributed by atoms with E-state index in [4.69, 9.17) is 15.0 Å². The number of carbonyl (C=O) groups is 2. The predicted octanol–water partition coefficient (Wildman–Crippen LogP) is 0.0748. The van der Waals surface area contributed by atoms with E-state index in [2.05, 4.69) is 0 Å². The van der Waals surface area contributed by atoms with Crippen LogP contribution in [0.3, 0.4) is 0 Å². The van der Waals surface area contributed by atoms with Crippen LogP contribution in [-0.2, 0) is 19.9 Å². The number of carboxylic acids is 1. The summed E-state index contributed by atoms with van der Waals surface area (Å²) >= 11 is 0. The Morgan fingerprint density at radius 2 is 1.84 bits per heavy atom. The number of nitrogens with two attached hydrogens (primary N) is 1. The molecule has 4 N–H and O–H groups in total. The number of rotatable bonds is 8. The average Bonchev–Trinajstić information content (AvgIpc) is 2.71. The number of nitrogens with one attached hydrogen (secondary N) is 1. The summed E-state index contributed by atoms with van der Waals surface area (Å²) in [4.78, 5) is 21.9. The van der Waals surface area contributed by atoms with Gasteiger partial charge in [-0.3, -0.25) is 9.59 Å². The van der Waals surface area contributed by atoms with Crippen molar-refractivity contribution in [2.45, 2.75) is 18.9 Å². The Balaban J connectivity index is 0.00000312. The fraction of sp³-hybridized carbons (Fsp3) is 0.200. The molecule has 0 spiro atoms. The Bertz CT molecular complexity index is 826. The Kier molecular flexibility index (Phi) is 7.84. The molecule has 10 heteroatoms. The van der Waals surface area contributed by atoms with Gasteiger partial charge in [0.2, 0.25) is 5.91 Å². The third kappa shape index (κ3) is 6.29. The minimum absolute atomic E-state index is 0. The van der Waals surface area contributed by atoms with E-state index in [0.717, 1.165) is 5.56 Å². The quantitative estimate of drug-likeness (QED) is 0.558. The van der Waals surface area contributed by atoms with Gasteiger partial charge in [0.25, 0.3) is 0 Å². The van der Waals surface area contributed by atoms with Crippen molar-refractivity contribution in [2.75, 3.05) is 0 Å². The van der Waals surface area contributed by atoms with E-state index in [1.54, 1.807) is 36.4 Å². The minimum atomic E-state index is -4.39. The number of carbonyl (C=O) groups excluding carboxylic acids is 1. The number of primary amides is 1. The van der Waals surface area contributed by atoms with Crippen molar-refractivity contribution in [3.63, 3.8) is 0 Å². The van der Waals surface area contributed by atoms with Gasteiger partial charge in [-0.05, 0) is 18.1 Å². The van der Waals surface area contributed by atoms with Crippen LogP contribution in [0.25, 0.3) is 11.1 Å². The third-order valence-electron chi connectivity index (χ3n) is 3.22. The number of aliphatic carboxylic acids is 1. The maximum atomic E-state index is 12.1. The average molecular weight is 376 g/mol. The summed E-state index contributed by atoms with van der Waals surface area (Å²) < 4.78 is 31.0. The van der Waals surface area contributed by atoms with Gasteiger partial charge in [-0.1, -0.05) is 36.4 Å². The Hall–Kier alpha value is -1.65. The molecule has 0 aromatic carbocycles. The van der Waals surface area contributed by atoms with Gasteiger partial charge in [-0.25, -0.2) is 0 Å². The van der Waals surface area contributed by atoms with Crippen LogP contribution in [0.2, 0.25) is 0 Å². The van der Waals surface area contributed by atoms with Gasteiger partial charge < -0.3 is 15.0 Å². The van der Waals surface area contributed by atoms with Crippen molar-refractivity contribution >= 4 is 51.7 Å². The first-order chi connectivity index (χ1) is 11.3. The molecule has 0 aromatic rings. The van der Waals surface area contributed by atoms with Gasteiger partial charge in [0.15, 0.2) is 5.75 Å². The molecule has 2 aliphatic rings. The van der Waals surface area contributed by atoms with Gasteiger partial charge in [0.1, 0.15) is 6.04 Å². The van der Waals surface area contributed by atoms with Crippen molar-refractivity contribution in [1.29, 1.82) is 0 Å². The van der Waals surface area contributed by atoms with Gasteiger partial charge in [0, 0.05) is 12.0 Å². The Morgan fingerprint density at radius 3 is 2.48 bits per heavy atom. The van der Waals surface area contributed by atoms with E-state index >= 15 is 0 Å². The van der Waals surface area contributed by atoms with Crippen molar-refractivity contribution in [2.24, 2.45) is 5.73 Å². The second kappa shape index (κ2) is 9.16. The SMILES string of the molecule is NC(=O)CC[C@H](NS(=O)(=O)Oc1ccc2cccccc1-2)C(=O)O.[NaH]. The van der Waals surface area contributed by atoms with Crippen molar-refractivity contribution < 1.29 is 27.3 Å². The summed E-state index contributed by atoms with van der Waals surface area (Å²) in [5.41, 5.74) is 6.28. The predicted molar refractivity (Wildman–Crippen MR) is 92.7 cm³/mol. The molecule has 0 radical (unpaired) electrons. The molecule has 1 atom stereocenters. The van der Waals surface area contributed by atoms with Gasteiger partial charge in [-0.2, -0.15) is 13.1 Å². The molecule has 2 rings (SSSR count). The Morgan fingerprint density at radius 1 is 1.16 bits per heavy atom. The maximum absolute atomic E-state index is 12.1. The van der Waals surface area contributed by atoms with E-state index in [1.165, 1.54) is 6.07 Å². The van der Waals surface area contributed by atoms with Crippen molar-refractivity contribution in [3.8, 4) is 16.9 Å². The number of hydrogen-bond acceptors (Lipinski definition) is 5. The fourth-order valence-corrected chi connectivity index (χ4v) is 3.09. The molecule has 2 aliphatic carbocycles. The number of carboxylic acid groups (broad SMARTS) is 1.